The Balaban J connectivity index is 2.93. The van der Waals surface area contributed by atoms with Crippen LogP contribution in [0.2, 0.25) is 0 Å². The van der Waals surface area contributed by atoms with E-state index in [1.165, 1.54) is 12.5 Å². The van der Waals surface area contributed by atoms with Gasteiger partial charge in [-0.05, 0) is 6.92 Å². The number of nitrogens with two attached hydrogens (primary N) is 1. The largest absolute Gasteiger partial charge is 0.327 e. The summed E-state index contributed by atoms with van der Waals surface area (Å²) in [5.74, 6) is 0. The van der Waals surface area contributed by atoms with Crippen LogP contribution in [0.4, 0.5) is 4.39 Å². The number of hydrogen-bond acceptors (Lipinski definition) is 3. The average Bonchev–Trinajstić information content (AvgIpc) is 2.04. The molecule has 11 heavy (non-hydrogen) atoms. The van der Waals surface area contributed by atoms with E-state index in [1.807, 2.05) is 0 Å². The molecule has 0 radical (unpaired) electrons. The highest BCUT2D eigenvalue weighted by molar-refractivity contribution is 5.17. The Hall–Kier alpha value is -1.03. The molecule has 1 aromatic rings. The van der Waals surface area contributed by atoms with Crippen LogP contribution in [-0.4, -0.2) is 16.5 Å². The van der Waals surface area contributed by atoms with Crippen molar-refractivity contribution < 1.29 is 4.39 Å². The van der Waals surface area contributed by atoms with Gasteiger partial charge in [-0.1, -0.05) is 0 Å². The maximum atomic E-state index is 12.9. The van der Waals surface area contributed by atoms with E-state index >= 15 is 0 Å². The molecule has 1 rings (SSSR count). The Morgan fingerprint density at radius 1 is 1.73 bits per heavy atom. The molecular formula is C7H10FN3. The second-order valence-corrected chi connectivity index (χ2v) is 2.27. The van der Waals surface area contributed by atoms with Crippen LogP contribution in [0.25, 0.3) is 0 Å². The Morgan fingerprint density at radius 3 is 3.00 bits per heavy atom. The van der Waals surface area contributed by atoms with E-state index in [0.29, 0.717) is 11.3 Å². The van der Waals surface area contributed by atoms with Gasteiger partial charge in [0.05, 0.1) is 0 Å². The number of rotatable bonds is 2. The van der Waals surface area contributed by atoms with Crippen molar-refractivity contribution in [1.29, 1.82) is 0 Å². The van der Waals surface area contributed by atoms with Gasteiger partial charge in [0.1, 0.15) is 12.5 Å². The average molecular weight is 155 g/mol. The number of nitrogens with zero attached hydrogens (tertiary/aromatic N) is 2. The van der Waals surface area contributed by atoms with Crippen LogP contribution >= 0.6 is 0 Å². The molecule has 60 valence electrons. The molecule has 0 aliphatic rings. The molecule has 4 heteroatoms. The minimum Gasteiger partial charge on any atom is -0.327 e. The first kappa shape index (κ1) is 8.07. The normalized spacial score (nSPS) is 13.0. The monoisotopic (exact) mass is 155 g/mol. The molecule has 0 amide bonds. The number of alkyl halides is 1. The van der Waals surface area contributed by atoms with Crippen molar-refractivity contribution in [2.75, 3.05) is 6.54 Å². The van der Waals surface area contributed by atoms with Crippen LogP contribution < -0.4 is 5.73 Å². The lowest BCUT2D eigenvalue weighted by Gasteiger charge is -2.05. The van der Waals surface area contributed by atoms with Gasteiger partial charge in [-0.2, -0.15) is 0 Å². The predicted molar refractivity (Wildman–Crippen MR) is 39.7 cm³/mol. The lowest BCUT2D eigenvalue weighted by molar-refractivity contribution is 0.349. The summed E-state index contributed by atoms with van der Waals surface area (Å²) in [4.78, 5) is 7.55. The lowest BCUT2D eigenvalue weighted by atomic mass is 10.1. The van der Waals surface area contributed by atoms with Gasteiger partial charge in [0.15, 0.2) is 0 Å². The molecule has 0 aromatic carbocycles. The second-order valence-electron chi connectivity index (χ2n) is 2.27. The fraction of sp³-hybridized carbons (Fsp3) is 0.429. The van der Waals surface area contributed by atoms with Gasteiger partial charge in [-0.3, -0.25) is 0 Å². The second kappa shape index (κ2) is 3.39. The molecule has 3 nitrogen and oxygen atoms in total. The van der Waals surface area contributed by atoms with Gasteiger partial charge in [-0.25, -0.2) is 14.4 Å². The van der Waals surface area contributed by atoms with Gasteiger partial charge in [0.2, 0.25) is 0 Å². The Bertz CT molecular complexity index is 239. The summed E-state index contributed by atoms with van der Waals surface area (Å²) >= 11 is 0. The van der Waals surface area contributed by atoms with Gasteiger partial charge in [0, 0.05) is 24.0 Å². The third-order valence-corrected chi connectivity index (χ3v) is 1.49. The highest BCUT2D eigenvalue weighted by Crippen LogP contribution is 2.16. The van der Waals surface area contributed by atoms with Crippen molar-refractivity contribution in [3.8, 4) is 0 Å². The summed E-state index contributed by atoms with van der Waals surface area (Å²) in [6.45, 7) is 1.72. The molecule has 0 spiro atoms. The van der Waals surface area contributed by atoms with Crippen molar-refractivity contribution in [1.82, 2.24) is 9.97 Å². The zero-order valence-corrected chi connectivity index (χ0v) is 6.29. The van der Waals surface area contributed by atoms with Gasteiger partial charge >= 0.3 is 0 Å². The lowest BCUT2D eigenvalue weighted by Crippen LogP contribution is -2.09. The van der Waals surface area contributed by atoms with Gasteiger partial charge in [-0.15, -0.1) is 0 Å². The fourth-order valence-electron chi connectivity index (χ4n) is 0.836. The van der Waals surface area contributed by atoms with E-state index in [1.54, 1.807) is 6.92 Å². The first-order valence-corrected chi connectivity index (χ1v) is 3.36. The Morgan fingerprint density at radius 2 is 2.45 bits per heavy atom. The zero-order chi connectivity index (χ0) is 8.27. The predicted octanol–water partition coefficient (Wildman–Crippen LogP) is 0.754. The summed E-state index contributed by atoms with van der Waals surface area (Å²) in [5.41, 5.74) is 6.27. The maximum absolute atomic E-state index is 12.9. The highest BCUT2D eigenvalue weighted by Gasteiger charge is 2.10. The number of halogens is 1. The third-order valence-electron chi connectivity index (χ3n) is 1.49. The summed E-state index contributed by atoms with van der Waals surface area (Å²) in [6, 6.07) is 0. The smallest absolute Gasteiger partial charge is 0.141 e. The summed E-state index contributed by atoms with van der Waals surface area (Å²) < 4.78 is 12.9. The maximum Gasteiger partial charge on any atom is 0.141 e. The molecule has 0 saturated carbocycles. The molecule has 0 aliphatic carbocycles. The minimum atomic E-state index is -1.14. The first-order chi connectivity index (χ1) is 5.25. The van der Waals surface area contributed by atoms with Crippen LogP contribution in [0.3, 0.4) is 0 Å². The van der Waals surface area contributed by atoms with Crippen LogP contribution in [-0.2, 0) is 0 Å². The Kier molecular flexibility index (Phi) is 2.48. The van der Waals surface area contributed by atoms with Gasteiger partial charge < -0.3 is 5.73 Å². The van der Waals surface area contributed by atoms with E-state index in [0.717, 1.165) is 0 Å². The number of aryl methyl sites for hydroxylation is 1. The molecule has 1 atom stereocenters. The molecule has 0 bridgehead atoms. The SMILES string of the molecule is Cc1ncncc1C(F)CN. The molecule has 1 aromatic heterocycles. The van der Waals surface area contributed by atoms with Crippen LogP contribution in [0.5, 0.6) is 0 Å². The van der Waals surface area contributed by atoms with Crippen molar-refractivity contribution in [2.24, 2.45) is 5.73 Å². The molecule has 0 saturated heterocycles. The number of hydrogen-bond donors (Lipinski definition) is 1. The molecule has 0 fully saturated rings. The first-order valence-electron chi connectivity index (χ1n) is 3.36. The summed E-state index contributed by atoms with van der Waals surface area (Å²) in [6.07, 6.45) is 1.71. The summed E-state index contributed by atoms with van der Waals surface area (Å²) in [7, 11) is 0. The molecule has 1 heterocycles. The van der Waals surface area contributed by atoms with Crippen molar-refractivity contribution >= 4 is 0 Å². The highest BCUT2D eigenvalue weighted by atomic mass is 19.1. The Labute approximate surface area is 64.5 Å². The van der Waals surface area contributed by atoms with E-state index in [9.17, 15) is 4.39 Å². The fourth-order valence-corrected chi connectivity index (χ4v) is 0.836. The molecule has 0 aliphatic heterocycles. The van der Waals surface area contributed by atoms with Crippen molar-refractivity contribution in [3.05, 3.63) is 23.8 Å². The quantitative estimate of drug-likeness (QED) is 0.685. The van der Waals surface area contributed by atoms with Crippen LogP contribution in [0.15, 0.2) is 12.5 Å². The van der Waals surface area contributed by atoms with E-state index in [-0.39, 0.29) is 6.54 Å². The van der Waals surface area contributed by atoms with Crippen molar-refractivity contribution in [2.45, 2.75) is 13.1 Å². The van der Waals surface area contributed by atoms with E-state index in [4.69, 9.17) is 5.73 Å². The van der Waals surface area contributed by atoms with Gasteiger partial charge in [0.25, 0.3) is 0 Å². The topological polar surface area (TPSA) is 51.8 Å². The standard InChI is InChI=1S/C7H10FN3/c1-5-6(7(8)2-9)3-10-4-11-5/h3-4,7H,2,9H2,1H3. The van der Waals surface area contributed by atoms with Crippen molar-refractivity contribution in [3.63, 3.8) is 0 Å². The minimum absolute atomic E-state index is 0.0196. The third kappa shape index (κ3) is 1.71. The van der Waals surface area contributed by atoms with Crippen LogP contribution in [0, 0.1) is 6.92 Å². The van der Waals surface area contributed by atoms with E-state index < -0.39 is 6.17 Å². The summed E-state index contributed by atoms with van der Waals surface area (Å²) in [5, 5.41) is 0. The van der Waals surface area contributed by atoms with Crippen LogP contribution in [0.1, 0.15) is 17.4 Å². The number of aromatic nitrogens is 2. The molecule has 2 N–H and O–H groups in total. The zero-order valence-electron chi connectivity index (χ0n) is 6.29. The molecular weight excluding hydrogens is 145 g/mol. The van der Waals surface area contributed by atoms with E-state index in [2.05, 4.69) is 9.97 Å². The molecule has 1 unspecified atom stereocenters.